The fraction of sp³-hybridized carbons (Fsp3) is 0.440. The molecule has 2 aromatic heterocycles. The third-order valence-corrected chi connectivity index (χ3v) is 6.15. The number of hydrogen-bond acceptors (Lipinski definition) is 7. The van der Waals surface area contributed by atoms with Gasteiger partial charge in [0.25, 0.3) is 0 Å². The predicted molar refractivity (Wildman–Crippen MR) is 128 cm³/mol. The van der Waals surface area contributed by atoms with E-state index in [1.54, 1.807) is 19.4 Å². The summed E-state index contributed by atoms with van der Waals surface area (Å²) in [6, 6.07) is 8.09. The van der Waals surface area contributed by atoms with Crippen LogP contribution in [0.25, 0.3) is 6.08 Å². The van der Waals surface area contributed by atoms with Gasteiger partial charge in [-0.3, -0.25) is 9.78 Å². The highest BCUT2D eigenvalue weighted by molar-refractivity contribution is 5.77. The molecule has 2 aromatic rings. The van der Waals surface area contributed by atoms with Crippen molar-refractivity contribution < 1.29 is 9.53 Å². The molecule has 1 amide bonds. The van der Waals surface area contributed by atoms with E-state index >= 15 is 0 Å². The van der Waals surface area contributed by atoms with Crippen LogP contribution in [0.5, 0.6) is 0 Å². The number of nitrogens with zero attached hydrogens (tertiary/aromatic N) is 5. The van der Waals surface area contributed by atoms with Crippen molar-refractivity contribution in [3.8, 4) is 6.07 Å². The summed E-state index contributed by atoms with van der Waals surface area (Å²) in [6.45, 7) is 8.15. The SMILES string of the molecule is C=Cc1cc(Nc2cc(C#N)c(N3CCN(C(=O)CCOC)C(C)C3)nc2C2CC2)ccn1. The molecule has 1 unspecified atom stereocenters. The molecule has 1 atom stereocenters. The van der Waals surface area contributed by atoms with Crippen LogP contribution in [0.2, 0.25) is 0 Å². The second kappa shape index (κ2) is 10.0. The average Bonchev–Trinajstić information content (AvgIpc) is 3.67. The summed E-state index contributed by atoms with van der Waals surface area (Å²) in [6.07, 6.45) is 6.02. The number of carbonyl (C=O) groups excluding carboxylic acids is 1. The normalized spacial score (nSPS) is 18.0. The minimum atomic E-state index is 0.0350. The van der Waals surface area contributed by atoms with E-state index in [-0.39, 0.29) is 11.9 Å². The molecular formula is C25H30N6O2. The summed E-state index contributed by atoms with van der Waals surface area (Å²) >= 11 is 0. The Bertz CT molecular complexity index is 1080. The number of carbonyl (C=O) groups is 1. The maximum Gasteiger partial charge on any atom is 0.225 e. The Labute approximate surface area is 194 Å². The van der Waals surface area contributed by atoms with Gasteiger partial charge in [-0.15, -0.1) is 0 Å². The van der Waals surface area contributed by atoms with Crippen LogP contribution in [0.4, 0.5) is 17.2 Å². The molecule has 0 radical (unpaired) electrons. The van der Waals surface area contributed by atoms with E-state index in [2.05, 4.69) is 27.8 Å². The average molecular weight is 447 g/mol. The number of methoxy groups -OCH3 is 1. The highest BCUT2D eigenvalue weighted by Crippen LogP contribution is 2.44. The molecule has 8 nitrogen and oxygen atoms in total. The van der Waals surface area contributed by atoms with Crippen molar-refractivity contribution in [2.24, 2.45) is 0 Å². The van der Waals surface area contributed by atoms with Gasteiger partial charge in [0.15, 0.2) is 0 Å². The Hall–Kier alpha value is -3.44. The minimum Gasteiger partial charge on any atom is -0.384 e. The molecule has 2 fully saturated rings. The van der Waals surface area contributed by atoms with Crippen LogP contribution in [-0.4, -0.2) is 60.2 Å². The monoisotopic (exact) mass is 446 g/mol. The fourth-order valence-electron chi connectivity index (χ4n) is 4.26. The van der Waals surface area contributed by atoms with E-state index in [0.29, 0.717) is 50.0 Å². The van der Waals surface area contributed by atoms with Gasteiger partial charge in [0.2, 0.25) is 5.91 Å². The van der Waals surface area contributed by atoms with E-state index < -0.39 is 0 Å². The fourth-order valence-corrected chi connectivity index (χ4v) is 4.26. The Kier molecular flexibility index (Phi) is 6.90. The number of piperazine rings is 1. The first-order valence-corrected chi connectivity index (χ1v) is 11.4. The Morgan fingerprint density at radius 1 is 1.39 bits per heavy atom. The zero-order valence-electron chi connectivity index (χ0n) is 19.3. The molecule has 33 heavy (non-hydrogen) atoms. The molecule has 0 aromatic carbocycles. The van der Waals surface area contributed by atoms with Gasteiger partial charge in [-0.25, -0.2) is 4.98 Å². The van der Waals surface area contributed by atoms with Crippen molar-refractivity contribution in [3.05, 3.63) is 47.9 Å². The van der Waals surface area contributed by atoms with Crippen molar-refractivity contribution in [1.82, 2.24) is 14.9 Å². The highest BCUT2D eigenvalue weighted by Gasteiger charge is 2.33. The number of anilines is 3. The Morgan fingerprint density at radius 2 is 2.21 bits per heavy atom. The smallest absolute Gasteiger partial charge is 0.225 e. The second-order valence-corrected chi connectivity index (χ2v) is 8.60. The molecule has 1 aliphatic carbocycles. The molecule has 8 heteroatoms. The van der Waals surface area contributed by atoms with Gasteiger partial charge in [-0.1, -0.05) is 6.58 Å². The summed E-state index contributed by atoms with van der Waals surface area (Å²) in [7, 11) is 1.60. The first-order chi connectivity index (χ1) is 16.0. The zero-order chi connectivity index (χ0) is 23.4. The number of rotatable bonds is 8. The molecule has 4 rings (SSSR count). The molecule has 1 N–H and O–H groups in total. The van der Waals surface area contributed by atoms with E-state index in [4.69, 9.17) is 9.72 Å². The van der Waals surface area contributed by atoms with Gasteiger partial charge in [0.05, 0.1) is 35.7 Å². The summed E-state index contributed by atoms with van der Waals surface area (Å²) < 4.78 is 5.05. The predicted octanol–water partition coefficient (Wildman–Crippen LogP) is 3.69. The van der Waals surface area contributed by atoms with Crippen LogP contribution in [0.3, 0.4) is 0 Å². The highest BCUT2D eigenvalue weighted by atomic mass is 16.5. The van der Waals surface area contributed by atoms with Gasteiger partial charge < -0.3 is 19.9 Å². The van der Waals surface area contributed by atoms with E-state index in [0.717, 1.165) is 35.6 Å². The van der Waals surface area contributed by atoms with E-state index in [1.807, 2.05) is 30.0 Å². The maximum atomic E-state index is 12.5. The molecular weight excluding hydrogens is 416 g/mol. The number of pyridine rings is 2. The summed E-state index contributed by atoms with van der Waals surface area (Å²) in [5.41, 5.74) is 4.06. The lowest BCUT2D eigenvalue weighted by Crippen LogP contribution is -2.54. The molecule has 1 aliphatic heterocycles. The first-order valence-electron chi connectivity index (χ1n) is 11.4. The first kappa shape index (κ1) is 22.7. The van der Waals surface area contributed by atoms with Gasteiger partial charge in [-0.05, 0) is 44.0 Å². The van der Waals surface area contributed by atoms with Gasteiger partial charge in [0, 0.05) is 50.6 Å². The van der Waals surface area contributed by atoms with Crippen molar-refractivity contribution in [1.29, 1.82) is 5.26 Å². The molecule has 0 bridgehead atoms. The van der Waals surface area contributed by atoms with Gasteiger partial charge >= 0.3 is 0 Å². The largest absolute Gasteiger partial charge is 0.384 e. The van der Waals surface area contributed by atoms with Crippen molar-refractivity contribution in [2.45, 2.75) is 38.1 Å². The Balaban J connectivity index is 1.58. The number of hydrogen-bond donors (Lipinski definition) is 1. The van der Waals surface area contributed by atoms with E-state index in [9.17, 15) is 10.1 Å². The lowest BCUT2D eigenvalue weighted by molar-refractivity contribution is -0.134. The number of amides is 1. The van der Waals surface area contributed by atoms with Crippen LogP contribution in [0, 0.1) is 11.3 Å². The van der Waals surface area contributed by atoms with Crippen LogP contribution in [-0.2, 0) is 9.53 Å². The molecule has 3 heterocycles. The Morgan fingerprint density at radius 3 is 2.88 bits per heavy atom. The molecule has 0 spiro atoms. The molecule has 1 saturated heterocycles. The summed E-state index contributed by atoms with van der Waals surface area (Å²) in [5.74, 6) is 1.21. The van der Waals surface area contributed by atoms with E-state index in [1.165, 1.54) is 0 Å². The third kappa shape index (κ3) is 5.15. The number of nitrogens with one attached hydrogen (secondary N) is 1. The van der Waals surface area contributed by atoms with Crippen LogP contribution < -0.4 is 10.2 Å². The number of aromatic nitrogens is 2. The number of nitriles is 1. The lowest BCUT2D eigenvalue weighted by atomic mass is 10.1. The third-order valence-electron chi connectivity index (χ3n) is 6.15. The summed E-state index contributed by atoms with van der Waals surface area (Å²) in [4.78, 5) is 25.8. The van der Waals surface area contributed by atoms with Gasteiger partial charge in [-0.2, -0.15) is 5.26 Å². The zero-order valence-corrected chi connectivity index (χ0v) is 19.3. The standard InChI is InChI=1S/C25H30N6O2/c1-4-20-14-21(7-9-27-20)28-22-13-19(15-26)25(29-24(22)18-5-6-18)30-10-11-31(17(2)16-30)23(32)8-12-33-3/h4,7,9,13-14,17-18H,1,5-6,8,10-12,16H2,2-3H3,(H,27,28). The minimum absolute atomic E-state index is 0.0350. The van der Waals surface area contributed by atoms with Crippen LogP contribution >= 0.6 is 0 Å². The molecule has 1 saturated carbocycles. The number of ether oxygens (including phenoxy) is 1. The maximum absolute atomic E-state index is 12.5. The van der Waals surface area contributed by atoms with Crippen molar-refractivity contribution >= 4 is 29.2 Å². The van der Waals surface area contributed by atoms with Crippen molar-refractivity contribution in [2.75, 3.05) is 43.6 Å². The summed E-state index contributed by atoms with van der Waals surface area (Å²) in [5, 5.41) is 13.4. The lowest BCUT2D eigenvalue weighted by Gasteiger charge is -2.41. The van der Waals surface area contributed by atoms with Crippen LogP contribution in [0.1, 0.15) is 49.1 Å². The molecule has 172 valence electrons. The molecule has 2 aliphatic rings. The van der Waals surface area contributed by atoms with Crippen LogP contribution in [0.15, 0.2) is 31.0 Å². The quantitative estimate of drug-likeness (QED) is 0.661. The second-order valence-electron chi connectivity index (χ2n) is 8.60. The van der Waals surface area contributed by atoms with Crippen molar-refractivity contribution in [3.63, 3.8) is 0 Å². The van der Waals surface area contributed by atoms with Gasteiger partial charge in [0.1, 0.15) is 11.9 Å². The topological polar surface area (TPSA) is 94.4 Å².